The molecule has 1 aliphatic heterocycles. The SMILES string of the molecule is CC(=O)c1c(O)c(C(C)=O)c(O)c(C2CCCCN2)c1O. The smallest absolute Gasteiger partial charge is 0.167 e. The van der Waals surface area contributed by atoms with Gasteiger partial charge in [-0.05, 0) is 33.2 Å². The van der Waals surface area contributed by atoms with Gasteiger partial charge in [0, 0.05) is 6.04 Å². The molecule has 0 radical (unpaired) electrons. The second-order valence-electron chi connectivity index (χ2n) is 5.32. The summed E-state index contributed by atoms with van der Waals surface area (Å²) < 4.78 is 0. The number of ketones is 2. The monoisotopic (exact) mass is 293 g/mol. The van der Waals surface area contributed by atoms with E-state index in [4.69, 9.17) is 0 Å². The van der Waals surface area contributed by atoms with Gasteiger partial charge < -0.3 is 20.6 Å². The van der Waals surface area contributed by atoms with Gasteiger partial charge in [0.15, 0.2) is 11.6 Å². The topological polar surface area (TPSA) is 107 Å². The number of nitrogens with one attached hydrogen (secondary N) is 1. The molecule has 6 nitrogen and oxygen atoms in total. The molecule has 1 aromatic rings. The number of carbonyl (C=O) groups is 2. The fourth-order valence-corrected chi connectivity index (χ4v) is 2.83. The minimum Gasteiger partial charge on any atom is -0.507 e. The average Bonchev–Trinajstić information content (AvgIpc) is 2.38. The first kappa shape index (κ1) is 15.3. The fraction of sp³-hybridized carbons (Fsp3) is 0.467. The summed E-state index contributed by atoms with van der Waals surface area (Å²) >= 11 is 0. The molecule has 114 valence electrons. The minimum absolute atomic E-state index is 0.114. The van der Waals surface area contributed by atoms with E-state index in [1.54, 1.807) is 0 Å². The van der Waals surface area contributed by atoms with E-state index in [2.05, 4.69) is 5.32 Å². The number of benzene rings is 1. The molecule has 4 N–H and O–H groups in total. The summed E-state index contributed by atoms with van der Waals surface area (Å²) in [6, 6.07) is -0.351. The Hall–Kier alpha value is -2.08. The maximum absolute atomic E-state index is 11.7. The number of phenolic OH excluding ortho intramolecular Hbond substituents is 3. The second kappa shape index (κ2) is 5.73. The molecule has 1 aliphatic rings. The van der Waals surface area contributed by atoms with E-state index in [9.17, 15) is 24.9 Å². The van der Waals surface area contributed by atoms with E-state index < -0.39 is 28.8 Å². The number of piperidine rings is 1. The van der Waals surface area contributed by atoms with Crippen molar-refractivity contribution in [3.63, 3.8) is 0 Å². The highest BCUT2D eigenvalue weighted by molar-refractivity contribution is 6.08. The molecule has 1 fully saturated rings. The van der Waals surface area contributed by atoms with Crippen LogP contribution in [-0.4, -0.2) is 33.4 Å². The summed E-state index contributed by atoms with van der Waals surface area (Å²) in [6.07, 6.45) is 2.55. The molecule has 0 amide bonds. The number of hydrogen-bond acceptors (Lipinski definition) is 6. The zero-order chi connectivity index (χ0) is 15.7. The lowest BCUT2D eigenvalue weighted by Crippen LogP contribution is -2.27. The first-order chi connectivity index (χ1) is 9.86. The minimum atomic E-state index is -0.662. The normalized spacial score (nSPS) is 18.5. The number of Topliss-reactive ketones (excluding diaryl/α,β-unsaturated/α-hetero) is 2. The van der Waals surface area contributed by atoms with E-state index in [-0.39, 0.29) is 22.7 Å². The summed E-state index contributed by atoms with van der Waals surface area (Å²) in [5.74, 6) is -2.71. The molecule has 0 bridgehead atoms. The summed E-state index contributed by atoms with van der Waals surface area (Å²) in [6.45, 7) is 3.09. The molecule has 1 saturated heterocycles. The molecule has 6 heteroatoms. The predicted molar refractivity (Wildman–Crippen MR) is 76.0 cm³/mol. The molecular formula is C15H19NO5. The Labute approximate surface area is 122 Å². The molecule has 0 saturated carbocycles. The van der Waals surface area contributed by atoms with Crippen molar-refractivity contribution in [1.82, 2.24) is 5.32 Å². The molecule has 0 aliphatic carbocycles. The van der Waals surface area contributed by atoms with Crippen LogP contribution in [0.5, 0.6) is 17.2 Å². The van der Waals surface area contributed by atoms with Crippen LogP contribution in [0.2, 0.25) is 0 Å². The Balaban J connectivity index is 2.73. The maximum Gasteiger partial charge on any atom is 0.167 e. The number of rotatable bonds is 3. The third-order valence-electron chi connectivity index (χ3n) is 3.82. The van der Waals surface area contributed by atoms with Gasteiger partial charge in [0.2, 0.25) is 0 Å². The molecular weight excluding hydrogens is 274 g/mol. The molecule has 2 rings (SSSR count). The van der Waals surface area contributed by atoms with E-state index in [1.807, 2.05) is 0 Å². The Kier molecular flexibility index (Phi) is 4.18. The standard InChI is InChI=1S/C15H19NO5/c1-7(17)10-13(19)11(8(2)18)15(21)12(14(10)20)9-5-3-4-6-16-9/h9,16,19-21H,3-6H2,1-2H3. The molecule has 0 aromatic heterocycles. The summed E-state index contributed by atoms with van der Waals surface area (Å²) in [5.41, 5.74) is -0.524. The van der Waals surface area contributed by atoms with E-state index in [1.165, 1.54) is 13.8 Å². The summed E-state index contributed by atoms with van der Waals surface area (Å²) in [5, 5.41) is 33.8. The zero-order valence-corrected chi connectivity index (χ0v) is 12.1. The van der Waals surface area contributed by atoms with Crippen molar-refractivity contribution in [2.24, 2.45) is 0 Å². The lowest BCUT2D eigenvalue weighted by atomic mass is 9.89. The van der Waals surface area contributed by atoms with Gasteiger partial charge in [0.25, 0.3) is 0 Å². The van der Waals surface area contributed by atoms with Gasteiger partial charge in [-0.1, -0.05) is 6.42 Å². The van der Waals surface area contributed by atoms with Crippen LogP contribution in [0.15, 0.2) is 0 Å². The van der Waals surface area contributed by atoms with E-state index in [0.29, 0.717) is 6.42 Å². The van der Waals surface area contributed by atoms with Gasteiger partial charge in [0.05, 0.1) is 5.56 Å². The van der Waals surface area contributed by atoms with Crippen molar-refractivity contribution in [2.45, 2.75) is 39.2 Å². The van der Waals surface area contributed by atoms with Gasteiger partial charge in [0.1, 0.15) is 28.4 Å². The summed E-state index contributed by atoms with van der Waals surface area (Å²) in [7, 11) is 0. The van der Waals surface area contributed by atoms with Crippen molar-refractivity contribution < 1.29 is 24.9 Å². The number of phenols is 3. The van der Waals surface area contributed by atoms with Crippen LogP contribution in [0.4, 0.5) is 0 Å². The number of aromatic hydroxyl groups is 3. The predicted octanol–water partition coefficient (Wildman–Crippen LogP) is 2.02. The first-order valence-electron chi connectivity index (χ1n) is 6.92. The largest absolute Gasteiger partial charge is 0.507 e. The lowest BCUT2D eigenvalue weighted by Gasteiger charge is -2.27. The quantitative estimate of drug-likeness (QED) is 0.635. The molecule has 21 heavy (non-hydrogen) atoms. The van der Waals surface area contributed by atoms with Gasteiger partial charge in [-0.25, -0.2) is 0 Å². The molecule has 1 atom stereocenters. The number of hydrogen-bond donors (Lipinski definition) is 4. The average molecular weight is 293 g/mol. The highest BCUT2D eigenvalue weighted by Gasteiger charge is 2.31. The Morgan fingerprint density at radius 2 is 1.48 bits per heavy atom. The molecule has 1 heterocycles. The third kappa shape index (κ3) is 2.58. The van der Waals surface area contributed by atoms with E-state index >= 15 is 0 Å². The highest BCUT2D eigenvalue weighted by Crippen LogP contribution is 2.46. The fourth-order valence-electron chi connectivity index (χ4n) is 2.83. The van der Waals surface area contributed by atoms with Crippen LogP contribution in [0.3, 0.4) is 0 Å². The van der Waals surface area contributed by atoms with Crippen molar-refractivity contribution in [1.29, 1.82) is 0 Å². The Bertz CT molecular complexity index is 562. The first-order valence-corrected chi connectivity index (χ1v) is 6.92. The highest BCUT2D eigenvalue weighted by atomic mass is 16.3. The van der Waals surface area contributed by atoms with Gasteiger partial charge in [-0.2, -0.15) is 0 Å². The summed E-state index contributed by atoms with van der Waals surface area (Å²) in [4.78, 5) is 23.3. The molecule has 0 spiro atoms. The van der Waals surface area contributed by atoms with E-state index in [0.717, 1.165) is 19.4 Å². The number of carbonyl (C=O) groups excluding carboxylic acids is 2. The van der Waals surface area contributed by atoms with Crippen molar-refractivity contribution in [3.05, 3.63) is 16.7 Å². The maximum atomic E-state index is 11.7. The zero-order valence-electron chi connectivity index (χ0n) is 12.1. The third-order valence-corrected chi connectivity index (χ3v) is 3.82. The van der Waals surface area contributed by atoms with Crippen LogP contribution in [0.25, 0.3) is 0 Å². The Morgan fingerprint density at radius 3 is 1.86 bits per heavy atom. The van der Waals surface area contributed by atoms with Crippen LogP contribution in [-0.2, 0) is 0 Å². The van der Waals surface area contributed by atoms with Crippen LogP contribution in [0.1, 0.15) is 65.4 Å². The van der Waals surface area contributed by atoms with Gasteiger partial charge in [-0.15, -0.1) is 0 Å². The van der Waals surface area contributed by atoms with Gasteiger partial charge in [-0.3, -0.25) is 9.59 Å². The Morgan fingerprint density at radius 1 is 0.952 bits per heavy atom. The van der Waals surface area contributed by atoms with Crippen molar-refractivity contribution in [2.75, 3.05) is 6.54 Å². The van der Waals surface area contributed by atoms with Crippen LogP contribution < -0.4 is 5.32 Å². The van der Waals surface area contributed by atoms with Crippen molar-refractivity contribution >= 4 is 11.6 Å². The molecule has 1 unspecified atom stereocenters. The van der Waals surface area contributed by atoms with Crippen molar-refractivity contribution in [3.8, 4) is 17.2 Å². The molecule has 1 aromatic carbocycles. The van der Waals surface area contributed by atoms with Gasteiger partial charge >= 0.3 is 0 Å². The van der Waals surface area contributed by atoms with Crippen LogP contribution >= 0.6 is 0 Å². The van der Waals surface area contributed by atoms with Crippen LogP contribution in [0, 0.1) is 0 Å². The lowest BCUT2D eigenvalue weighted by molar-refractivity contribution is 0.101. The second-order valence-corrected chi connectivity index (χ2v) is 5.32.